The second-order valence-electron chi connectivity index (χ2n) is 4.75. The highest BCUT2D eigenvalue weighted by atomic mass is 19.1. The molecular formula is C15H13FN2O2. The molecule has 0 fully saturated rings. The van der Waals surface area contributed by atoms with E-state index in [0.29, 0.717) is 17.0 Å². The Morgan fingerprint density at radius 3 is 2.85 bits per heavy atom. The van der Waals surface area contributed by atoms with Gasteiger partial charge in [-0.15, -0.1) is 0 Å². The van der Waals surface area contributed by atoms with Gasteiger partial charge in [-0.2, -0.15) is 0 Å². The van der Waals surface area contributed by atoms with E-state index in [0.717, 1.165) is 5.56 Å². The second kappa shape index (κ2) is 4.61. The molecule has 0 aliphatic carbocycles. The zero-order chi connectivity index (χ0) is 14.3. The van der Waals surface area contributed by atoms with Crippen molar-refractivity contribution in [3.8, 4) is 11.5 Å². The Morgan fingerprint density at radius 1 is 1.25 bits per heavy atom. The summed E-state index contributed by atoms with van der Waals surface area (Å²) in [5, 5.41) is 2.66. The van der Waals surface area contributed by atoms with Crippen molar-refractivity contribution in [1.82, 2.24) is 0 Å². The Morgan fingerprint density at radius 2 is 2.05 bits per heavy atom. The molecule has 0 bridgehead atoms. The number of hydrogen-bond acceptors (Lipinski definition) is 3. The van der Waals surface area contributed by atoms with Crippen LogP contribution in [0.5, 0.6) is 11.5 Å². The van der Waals surface area contributed by atoms with Gasteiger partial charge in [0.1, 0.15) is 11.8 Å². The van der Waals surface area contributed by atoms with Crippen LogP contribution in [-0.4, -0.2) is 5.91 Å². The molecule has 1 atom stereocenters. The molecule has 2 aromatic rings. The number of aryl methyl sites for hydroxylation is 1. The minimum absolute atomic E-state index is 0.151. The monoisotopic (exact) mass is 272 g/mol. The highest BCUT2D eigenvalue weighted by Crippen LogP contribution is 2.34. The SMILES string of the molecule is Cc1ccc(F)c(Oc2ccc3c(c2)NC(=O)C3N)c1. The van der Waals surface area contributed by atoms with Crippen LogP contribution in [0.4, 0.5) is 10.1 Å². The van der Waals surface area contributed by atoms with E-state index in [1.54, 1.807) is 30.3 Å². The molecule has 1 amide bonds. The van der Waals surface area contributed by atoms with Crippen LogP contribution in [0.1, 0.15) is 17.2 Å². The summed E-state index contributed by atoms with van der Waals surface area (Å²) in [6, 6.07) is 9.01. The smallest absolute Gasteiger partial charge is 0.245 e. The van der Waals surface area contributed by atoms with Crippen molar-refractivity contribution in [2.24, 2.45) is 5.73 Å². The van der Waals surface area contributed by atoms with Crippen LogP contribution in [0, 0.1) is 12.7 Å². The molecule has 102 valence electrons. The Kier molecular flexibility index (Phi) is 2.91. The number of carbonyl (C=O) groups excluding carboxylic acids is 1. The number of fused-ring (bicyclic) bond motifs is 1. The molecule has 2 aromatic carbocycles. The predicted molar refractivity (Wildman–Crippen MR) is 73.2 cm³/mol. The molecule has 20 heavy (non-hydrogen) atoms. The van der Waals surface area contributed by atoms with Crippen LogP contribution in [0.25, 0.3) is 0 Å². The Hall–Kier alpha value is -2.40. The van der Waals surface area contributed by atoms with Crippen LogP contribution in [-0.2, 0) is 4.79 Å². The lowest BCUT2D eigenvalue weighted by Crippen LogP contribution is -2.19. The van der Waals surface area contributed by atoms with Crippen LogP contribution in [0.3, 0.4) is 0 Å². The average molecular weight is 272 g/mol. The zero-order valence-corrected chi connectivity index (χ0v) is 10.8. The summed E-state index contributed by atoms with van der Waals surface area (Å²) in [6.45, 7) is 1.86. The van der Waals surface area contributed by atoms with Gasteiger partial charge < -0.3 is 15.8 Å². The van der Waals surface area contributed by atoms with Crippen LogP contribution in [0.2, 0.25) is 0 Å². The molecule has 1 aliphatic rings. The summed E-state index contributed by atoms with van der Waals surface area (Å²) in [7, 11) is 0. The third-order valence-corrected chi connectivity index (χ3v) is 3.21. The Labute approximate surface area is 115 Å². The maximum absolute atomic E-state index is 13.6. The van der Waals surface area contributed by atoms with Crippen molar-refractivity contribution in [2.45, 2.75) is 13.0 Å². The molecule has 1 unspecified atom stereocenters. The van der Waals surface area contributed by atoms with Gasteiger partial charge in [0, 0.05) is 17.3 Å². The fraction of sp³-hybridized carbons (Fsp3) is 0.133. The number of carbonyl (C=O) groups is 1. The van der Waals surface area contributed by atoms with Crippen LogP contribution in [0.15, 0.2) is 36.4 Å². The number of halogens is 1. The van der Waals surface area contributed by atoms with Gasteiger partial charge in [0.15, 0.2) is 11.6 Å². The van der Waals surface area contributed by atoms with Gasteiger partial charge in [0.25, 0.3) is 0 Å². The highest BCUT2D eigenvalue weighted by molar-refractivity contribution is 6.02. The normalized spacial score (nSPS) is 16.8. The third kappa shape index (κ3) is 2.12. The first-order valence-electron chi connectivity index (χ1n) is 6.19. The highest BCUT2D eigenvalue weighted by Gasteiger charge is 2.27. The molecule has 0 saturated carbocycles. The van der Waals surface area contributed by atoms with Gasteiger partial charge in [0.05, 0.1) is 0 Å². The summed E-state index contributed by atoms with van der Waals surface area (Å²) in [5.74, 6) is -0.0862. The zero-order valence-electron chi connectivity index (χ0n) is 10.8. The maximum atomic E-state index is 13.6. The third-order valence-electron chi connectivity index (χ3n) is 3.21. The van der Waals surface area contributed by atoms with E-state index in [1.165, 1.54) is 6.07 Å². The minimum Gasteiger partial charge on any atom is -0.454 e. The number of rotatable bonds is 2. The van der Waals surface area contributed by atoms with Gasteiger partial charge in [-0.3, -0.25) is 4.79 Å². The van der Waals surface area contributed by atoms with E-state index in [2.05, 4.69) is 5.32 Å². The van der Waals surface area contributed by atoms with Gasteiger partial charge in [-0.25, -0.2) is 4.39 Å². The van der Waals surface area contributed by atoms with E-state index in [1.807, 2.05) is 6.92 Å². The van der Waals surface area contributed by atoms with Crippen molar-refractivity contribution in [3.63, 3.8) is 0 Å². The van der Waals surface area contributed by atoms with E-state index < -0.39 is 11.9 Å². The van der Waals surface area contributed by atoms with Gasteiger partial charge >= 0.3 is 0 Å². The topological polar surface area (TPSA) is 64.3 Å². The van der Waals surface area contributed by atoms with E-state index in [-0.39, 0.29) is 11.7 Å². The number of nitrogens with one attached hydrogen (secondary N) is 1. The summed E-state index contributed by atoms with van der Waals surface area (Å²) in [5.41, 5.74) is 7.94. The summed E-state index contributed by atoms with van der Waals surface area (Å²) >= 11 is 0. The van der Waals surface area contributed by atoms with Gasteiger partial charge in [-0.1, -0.05) is 12.1 Å². The molecule has 4 nitrogen and oxygen atoms in total. The quantitative estimate of drug-likeness (QED) is 0.883. The summed E-state index contributed by atoms with van der Waals surface area (Å²) in [4.78, 5) is 11.5. The number of amides is 1. The Balaban J connectivity index is 1.92. The molecule has 1 aliphatic heterocycles. The van der Waals surface area contributed by atoms with E-state index in [4.69, 9.17) is 10.5 Å². The van der Waals surface area contributed by atoms with Gasteiger partial charge in [-0.05, 0) is 30.7 Å². The first-order chi connectivity index (χ1) is 9.54. The van der Waals surface area contributed by atoms with Crippen LogP contribution >= 0.6 is 0 Å². The largest absolute Gasteiger partial charge is 0.454 e. The fourth-order valence-corrected chi connectivity index (χ4v) is 2.15. The number of benzene rings is 2. The Bertz CT molecular complexity index is 700. The molecule has 5 heteroatoms. The van der Waals surface area contributed by atoms with Crippen molar-refractivity contribution < 1.29 is 13.9 Å². The number of ether oxygens (including phenoxy) is 1. The molecule has 0 aromatic heterocycles. The van der Waals surface area contributed by atoms with E-state index in [9.17, 15) is 9.18 Å². The second-order valence-corrected chi connectivity index (χ2v) is 4.75. The molecular weight excluding hydrogens is 259 g/mol. The van der Waals surface area contributed by atoms with Crippen molar-refractivity contribution >= 4 is 11.6 Å². The van der Waals surface area contributed by atoms with E-state index >= 15 is 0 Å². The lowest BCUT2D eigenvalue weighted by atomic mass is 10.1. The van der Waals surface area contributed by atoms with Crippen molar-refractivity contribution in [2.75, 3.05) is 5.32 Å². The molecule has 0 spiro atoms. The summed E-state index contributed by atoms with van der Waals surface area (Å²) in [6.07, 6.45) is 0. The maximum Gasteiger partial charge on any atom is 0.245 e. The molecule has 1 heterocycles. The standard InChI is InChI=1S/C15H13FN2O2/c1-8-2-5-11(16)13(6-8)20-9-3-4-10-12(7-9)18-15(19)14(10)17/h2-7,14H,17H2,1H3,(H,18,19). The summed E-state index contributed by atoms with van der Waals surface area (Å²) < 4.78 is 19.2. The van der Waals surface area contributed by atoms with Crippen molar-refractivity contribution in [3.05, 3.63) is 53.3 Å². The lowest BCUT2D eigenvalue weighted by Gasteiger charge is -2.09. The fourth-order valence-electron chi connectivity index (χ4n) is 2.15. The van der Waals surface area contributed by atoms with Crippen molar-refractivity contribution in [1.29, 1.82) is 0 Å². The minimum atomic E-state index is -0.658. The first kappa shape index (κ1) is 12.6. The molecule has 0 radical (unpaired) electrons. The van der Waals surface area contributed by atoms with Crippen LogP contribution < -0.4 is 15.8 Å². The molecule has 3 rings (SSSR count). The lowest BCUT2D eigenvalue weighted by molar-refractivity contribution is -0.116. The number of nitrogens with two attached hydrogens (primary N) is 1. The van der Waals surface area contributed by atoms with Gasteiger partial charge in [0.2, 0.25) is 5.91 Å². The number of hydrogen-bond donors (Lipinski definition) is 2. The predicted octanol–water partition coefficient (Wildman–Crippen LogP) is 2.88. The first-order valence-corrected chi connectivity index (χ1v) is 6.19. The average Bonchev–Trinajstić information content (AvgIpc) is 2.69. The molecule has 0 saturated heterocycles. The number of anilines is 1. The molecule has 3 N–H and O–H groups in total.